The van der Waals surface area contributed by atoms with Crippen LogP contribution in [0.4, 0.5) is 18.9 Å². The summed E-state index contributed by atoms with van der Waals surface area (Å²) in [4.78, 5) is 0. The minimum atomic E-state index is -4.55. The molecule has 0 radical (unpaired) electrons. The van der Waals surface area contributed by atoms with Crippen LogP contribution >= 0.6 is 0 Å². The molecule has 1 N–H and O–H groups in total. The lowest BCUT2D eigenvalue weighted by molar-refractivity contribution is -0.137. The number of nitrogens with zero attached hydrogens (tertiary/aromatic N) is 2. The van der Waals surface area contributed by atoms with Crippen LogP contribution in [-0.2, 0) is 6.18 Å². The Hall–Kier alpha value is -3.65. The molecule has 26 heavy (non-hydrogen) atoms. The van der Waals surface area contributed by atoms with Crippen LogP contribution in [0.1, 0.15) is 5.56 Å². The minimum absolute atomic E-state index is 0.0429. The van der Waals surface area contributed by atoms with Gasteiger partial charge in [-0.15, -0.1) is 0 Å². The van der Waals surface area contributed by atoms with Crippen LogP contribution in [0, 0.1) is 22.7 Å². The van der Waals surface area contributed by atoms with Crippen LogP contribution < -0.4 is 14.8 Å². The molecule has 5 nitrogen and oxygen atoms in total. The van der Waals surface area contributed by atoms with E-state index in [1.807, 2.05) is 0 Å². The van der Waals surface area contributed by atoms with E-state index < -0.39 is 11.7 Å². The van der Waals surface area contributed by atoms with E-state index in [0.29, 0.717) is 11.5 Å². The highest BCUT2D eigenvalue weighted by atomic mass is 19.4. The van der Waals surface area contributed by atoms with Crippen LogP contribution in [-0.4, -0.2) is 7.11 Å². The van der Waals surface area contributed by atoms with Gasteiger partial charge in [-0.25, -0.2) is 0 Å². The molecule has 0 aliphatic rings. The summed E-state index contributed by atoms with van der Waals surface area (Å²) in [6, 6.07) is 12.5. The number of nitrogens with one attached hydrogen (secondary N) is 1. The molecule has 0 unspecified atom stereocenters. The maximum atomic E-state index is 12.9. The monoisotopic (exact) mass is 359 g/mol. The molecule has 0 aliphatic heterocycles. The third-order valence-electron chi connectivity index (χ3n) is 3.21. The van der Waals surface area contributed by atoms with E-state index in [1.54, 1.807) is 36.4 Å². The van der Waals surface area contributed by atoms with E-state index >= 15 is 0 Å². The highest BCUT2D eigenvalue weighted by Crippen LogP contribution is 2.37. The number of anilines is 1. The summed E-state index contributed by atoms with van der Waals surface area (Å²) in [6.45, 7) is 0. The van der Waals surface area contributed by atoms with E-state index in [1.165, 1.54) is 7.11 Å². The molecule has 8 heteroatoms. The third-order valence-corrected chi connectivity index (χ3v) is 3.21. The molecule has 0 saturated heterocycles. The van der Waals surface area contributed by atoms with Crippen LogP contribution in [0.5, 0.6) is 17.2 Å². The largest absolute Gasteiger partial charge is 0.497 e. The van der Waals surface area contributed by atoms with Gasteiger partial charge in [0.05, 0.1) is 18.4 Å². The predicted octanol–water partition coefficient (Wildman–Crippen LogP) is 4.85. The molecule has 0 aromatic heterocycles. The number of benzene rings is 2. The highest BCUT2D eigenvalue weighted by Gasteiger charge is 2.31. The first-order chi connectivity index (χ1) is 12.4. The van der Waals surface area contributed by atoms with E-state index in [0.717, 1.165) is 24.4 Å². The Kier molecular flexibility index (Phi) is 5.71. The first kappa shape index (κ1) is 18.7. The summed E-state index contributed by atoms with van der Waals surface area (Å²) in [7, 11) is 1.50. The van der Waals surface area contributed by atoms with E-state index in [4.69, 9.17) is 20.0 Å². The van der Waals surface area contributed by atoms with Crippen LogP contribution in [0.15, 0.2) is 54.2 Å². The molecule has 0 saturated carbocycles. The average Bonchev–Trinajstić information content (AvgIpc) is 2.63. The first-order valence-electron chi connectivity index (χ1n) is 7.17. The number of methoxy groups -OCH3 is 1. The highest BCUT2D eigenvalue weighted by molar-refractivity contribution is 5.62. The van der Waals surface area contributed by atoms with Crippen LogP contribution in [0.3, 0.4) is 0 Å². The Bertz CT molecular complexity index is 876. The maximum Gasteiger partial charge on any atom is 0.416 e. The number of allylic oxidation sites excluding steroid dienone is 1. The Labute approximate surface area is 147 Å². The number of hydrogen-bond acceptors (Lipinski definition) is 5. The third kappa shape index (κ3) is 4.68. The number of halogens is 3. The molecule has 0 spiro atoms. The normalized spacial score (nSPS) is 10.2. The minimum Gasteiger partial charge on any atom is -0.497 e. The zero-order valence-electron chi connectivity index (χ0n) is 13.5. The Morgan fingerprint density at radius 2 is 1.65 bits per heavy atom. The van der Waals surface area contributed by atoms with Gasteiger partial charge in [-0.1, -0.05) is 0 Å². The summed E-state index contributed by atoms with van der Waals surface area (Å²) in [5, 5.41) is 20.0. The van der Waals surface area contributed by atoms with Gasteiger partial charge in [0.1, 0.15) is 29.2 Å². The number of nitriles is 2. The van der Waals surface area contributed by atoms with Crippen molar-refractivity contribution in [2.24, 2.45) is 0 Å². The maximum absolute atomic E-state index is 12.9. The number of hydrogen-bond donors (Lipinski definition) is 1. The van der Waals surface area contributed by atoms with E-state index in [9.17, 15) is 13.2 Å². The molecule has 0 aliphatic carbocycles. The summed E-state index contributed by atoms with van der Waals surface area (Å²) >= 11 is 0. The lowest BCUT2D eigenvalue weighted by atomic mass is 10.1. The second kappa shape index (κ2) is 7.95. The van der Waals surface area contributed by atoms with Crippen LogP contribution in [0.25, 0.3) is 0 Å². The number of rotatable bonds is 5. The number of ether oxygens (including phenoxy) is 2. The molecule has 0 bridgehead atoms. The van der Waals surface area contributed by atoms with Crippen molar-refractivity contribution in [1.82, 2.24) is 0 Å². The zero-order chi connectivity index (χ0) is 19.2. The van der Waals surface area contributed by atoms with Crippen molar-refractivity contribution in [2.75, 3.05) is 12.4 Å². The second-order valence-electron chi connectivity index (χ2n) is 4.91. The summed E-state index contributed by atoms with van der Waals surface area (Å²) in [6.07, 6.45) is -3.54. The zero-order valence-corrected chi connectivity index (χ0v) is 13.5. The fourth-order valence-corrected chi connectivity index (χ4v) is 1.92. The molecule has 0 heterocycles. The topological polar surface area (TPSA) is 78.1 Å². The van der Waals surface area contributed by atoms with Crippen molar-refractivity contribution < 1.29 is 22.6 Å². The molecule has 0 fully saturated rings. The molecule has 132 valence electrons. The predicted molar refractivity (Wildman–Crippen MR) is 87.4 cm³/mol. The summed E-state index contributed by atoms with van der Waals surface area (Å²) in [5.41, 5.74) is -1.23. The Morgan fingerprint density at radius 3 is 2.19 bits per heavy atom. The van der Waals surface area contributed by atoms with Gasteiger partial charge in [0, 0.05) is 6.20 Å². The summed E-state index contributed by atoms with van der Waals surface area (Å²) < 4.78 is 49.4. The van der Waals surface area contributed by atoms with Crippen molar-refractivity contribution in [2.45, 2.75) is 6.18 Å². The van der Waals surface area contributed by atoms with E-state index in [-0.39, 0.29) is 17.0 Å². The molecule has 2 rings (SSSR count). The van der Waals surface area contributed by atoms with E-state index in [2.05, 4.69) is 5.32 Å². The van der Waals surface area contributed by atoms with Crippen molar-refractivity contribution in [3.63, 3.8) is 0 Å². The molecular weight excluding hydrogens is 347 g/mol. The first-order valence-corrected chi connectivity index (χ1v) is 7.17. The Balaban J connectivity index is 2.38. The molecule has 0 atom stereocenters. The quantitative estimate of drug-likeness (QED) is 0.772. The molecule has 0 amide bonds. The second-order valence-corrected chi connectivity index (χ2v) is 4.91. The van der Waals surface area contributed by atoms with Gasteiger partial charge in [0.25, 0.3) is 0 Å². The van der Waals surface area contributed by atoms with Gasteiger partial charge < -0.3 is 14.8 Å². The van der Waals surface area contributed by atoms with Crippen molar-refractivity contribution >= 4 is 5.69 Å². The van der Waals surface area contributed by atoms with Gasteiger partial charge in [-0.2, -0.15) is 23.7 Å². The summed E-state index contributed by atoms with van der Waals surface area (Å²) in [5.74, 6) is 1.06. The number of alkyl halides is 3. The van der Waals surface area contributed by atoms with Gasteiger partial charge >= 0.3 is 6.18 Å². The van der Waals surface area contributed by atoms with Gasteiger partial charge in [-0.3, -0.25) is 0 Å². The van der Waals surface area contributed by atoms with Crippen molar-refractivity contribution in [1.29, 1.82) is 10.5 Å². The average molecular weight is 359 g/mol. The van der Waals surface area contributed by atoms with Gasteiger partial charge in [-0.05, 0) is 42.5 Å². The van der Waals surface area contributed by atoms with Gasteiger partial charge in [0.2, 0.25) is 0 Å². The molecule has 2 aromatic carbocycles. The van der Waals surface area contributed by atoms with Crippen molar-refractivity contribution in [3.05, 3.63) is 59.8 Å². The smallest absolute Gasteiger partial charge is 0.416 e. The SMILES string of the molecule is COc1ccc(Oc2ccc(C(F)(F)F)cc2NC=C(C#N)C#N)cc1. The fourth-order valence-electron chi connectivity index (χ4n) is 1.92. The molecular formula is C18H12F3N3O2. The van der Waals surface area contributed by atoms with Crippen LogP contribution in [0.2, 0.25) is 0 Å². The lowest BCUT2D eigenvalue weighted by Gasteiger charge is -2.14. The standard InChI is InChI=1S/C18H12F3N3O2/c1-25-14-3-5-15(6-4-14)26-17-7-2-13(18(19,20)21)8-16(17)24-11-12(9-22)10-23/h2-8,11,24H,1H3. The Morgan fingerprint density at radius 1 is 1.04 bits per heavy atom. The van der Waals surface area contributed by atoms with Gasteiger partial charge in [0.15, 0.2) is 5.75 Å². The lowest BCUT2D eigenvalue weighted by Crippen LogP contribution is -2.06. The van der Waals surface area contributed by atoms with Crippen molar-refractivity contribution in [3.8, 4) is 29.4 Å². The molecule has 2 aromatic rings. The fraction of sp³-hybridized carbons (Fsp3) is 0.111.